The van der Waals surface area contributed by atoms with Crippen LogP contribution in [0.15, 0.2) is 30.3 Å². The van der Waals surface area contributed by atoms with Crippen LogP contribution in [0.25, 0.3) is 0 Å². The number of hydrogen-bond donors (Lipinski definition) is 1. The Labute approximate surface area is 135 Å². The van der Waals surface area contributed by atoms with E-state index in [2.05, 4.69) is 18.2 Å². The molecule has 2 N–H and O–H groups in total. The lowest BCUT2D eigenvalue weighted by Crippen LogP contribution is -2.14. The number of halogens is 2. The van der Waals surface area contributed by atoms with Gasteiger partial charge in [0.1, 0.15) is 5.75 Å². The van der Waals surface area contributed by atoms with Crippen molar-refractivity contribution in [2.24, 2.45) is 5.73 Å². The maximum atomic E-state index is 6.40. The summed E-state index contributed by atoms with van der Waals surface area (Å²) >= 11 is 12.6. The first-order valence-electron chi connectivity index (χ1n) is 6.88. The Bertz CT molecular complexity index is 655. The van der Waals surface area contributed by atoms with Gasteiger partial charge in [-0.2, -0.15) is 0 Å². The van der Waals surface area contributed by atoms with Gasteiger partial charge in [0.15, 0.2) is 0 Å². The number of rotatable bonds is 4. The van der Waals surface area contributed by atoms with Crippen LogP contribution >= 0.6 is 23.2 Å². The summed E-state index contributed by atoms with van der Waals surface area (Å²) in [4.78, 5) is 0. The van der Waals surface area contributed by atoms with Crippen molar-refractivity contribution in [3.63, 3.8) is 0 Å². The average molecular weight is 324 g/mol. The van der Waals surface area contributed by atoms with E-state index in [1.165, 1.54) is 5.56 Å². The lowest BCUT2D eigenvalue weighted by Gasteiger charge is -2.19. The number of ether oxygens (including phenoxy) is 1. The van der Waals surface area contributed by atoms with Gasteiger partial charge in [0.2, 0.25) is 0 Å². The van der Waals surface area contributed by atoms with Crippen LogP contribution in [0.2, 0.25) is 10.0 Å². The van der Waals surface area contributed by atoms with Crippen LogP contribution in [0.4, 0.5) is 0 Å². The predicted octanol–water partition coefficient (Wildman–Crippen LogP) is 5.06. The first kappa shape index (κ1) is 16.2. The van der Waals surface area contributed by atoms with Crippen molar-refractivity contribution in [3.05, 3.63) is 62.6 Å². The minimum absolute atomic E-state index is 0.314. The molecular weight excluding hydrogens is 305 g/mol. The van der Waals surface area contributed by atoms with Crippen LogP contribution in [-0.2, 0) is 0 Å². The molecular formula is C17H19Cl2NO. The summed E-state index contributed by atoms with van der Waals surface area (Å²) in [6.45, 7) is 6.53. The van der Waals surface area contributed by atoms with E-state index >= 15 is 0 Å². The molecule has 2 aromatic rings. The molecule has 21 heavy (non-hydrogen) atoms. The van der Waals surface area contributed by atoms with Crippen molar-refractivity contribution in [3.8, 4) is 5.75 Å². The molecule has 0 spiro atoms. The van der Waals surface area contributed by atoms with Crippen LogP contribution in [0, 0.1) is 13.8 Å². The molecule has 0 aliphatic rings. The van der Waals surface area contributed by atoms with E-state index in [0.717, 1.165) is 16.7 Å². The highest BCUT2D eigenvalue weighted by Gasteiger charge is 2.17. The van der Waals surface area contributed by atoms with Crippen LogP contribution in [0.3, 0.4) is 0 Å². The van der Waals surface area contributed by atoms with Crippen LogP contribution in [0.5, 0.6) is 5.75 Å². The van der Waals surface area contributed by atoms with Crippen LogP contribution < -0.4 is 10.5 Å². The molecule has 0 fully saturated rings. The fraction of sp³-hybridized carbons (Fsp3) is 0.294. The third kappa shape index (κ3) is 3.52. The van der Waals surface area contributed by atoms with Gasteiger partial charge in [-0.3, -0.25) is 0 Å². The van der Waals surface area contributed by atoms with Gasteiger partial charge in [-0.15, -0.1) is 0 Å². The summed E-state index contributed by atoms with van der Waals surface area (Å²) in [7, 11) is 0. The first-order valence-corrected chi connectivity index (χ1v) is 7.64. The Balaban J connectivity index is 2.46. The second-order valence-electron chi connectivity index (χ2n) is 5.07. The molecule has 0 amide bonds. The van der Waals surface area contributed by atoms with E-state index in [0.29, 0.717) is 22.4 Å². The lowest BCUT2D eigenvalue weighted by molar-refractivity contribution is 0.340. The smallest absolute Gasteiger partial charge is 0.139 e. The van der Waals surface area contributed by atoms with Gasteiger partial charge in [0.05, 0.1) is 17.7 Å². The summed E-state index contributed by atoms with van der Waals surface area (Å²) in [6, 6.07) is 9.42. The highest BCUT2D eigenvalue weighted by molar-refractivity contribution is 6.34. The van der Waals surface area contributed by atoms with E-state index in [4.69, 9.17) is 33.7 Å². The Hall–Kier alpha value is -1.22. The summed E-state index contributed by atoms with van der Waals surface area (Å²) in [5.74, 6) is 0.584. The number of nitrogens with two attached hydrogens (primary N) is 1. The van der Waals surface area contributed by atoms with Gasteiger partial charge in [0.25, 0.3) is 0 Å². The van der Waals surface area contributed by atoms with Crippen molar-refractivity contribution in [1.82, 2.24) is 0 Å². The average Bonchev–Trinajstić information content (AvgIpc) is 2.44. The van der Waals surface area contributed by atoms with Gasteiger partial charge in [0, 0.05) is 11.1 Å². The van der Waals surface area contributed by atoms with Crippen molar-refractivity contribution < 1.29 is 4.74 Å². The predicted molar refractivity (Wildman–Crippen MR) is 89.6 cm³/mol. The zero-order chi connectivity index (χ0) is 15.6. The zero-order valence-electron chi connectivity index (χ0n) is 12.4. The number of aryl methyl sites for hydroxylation is 2. The fourth-order valence-corrected chi connectivity index (χ4v) is 2.81. The number of benzene rings is 2. The largest absolute Gasteiger partial charge is 0.492 e. The standard InChI is InChI=1S/C17H19Cl2NO/c1-4-21-16-9-14(18)13(8-15(16)19)17(20)12-7-10(2)5-6-11(12)3/h5-9,17H,4,20H2,1-3H3. The molecule has 0 aliphatic carbocycles. The van der Waals surface area contributed by atoms with E-state index in [-0.39, 0.29) is 6.04 Å². The molecule has 0 aromatic heterocycles. The van der Waals surface area contributed by atoms with E-state index in [1.807, 2.05) is 20.8 Å². The van der Waals surface area contributed by atoms with Crippen molar-refractivity contribution >= 4 is 23.2 Å². The Morgan fingerprint density at radius 1 is 1.05 bits per heavy atom. The molecule has 0 heterocycles. The van der Waals surface area contributed by atoms with Gasteiger partial charge < -0.3 is 10.5 Å². The third-order valence-electron chi connectivity index (χ3n) is 3.46. The molecule has 0 aliphatic heterocycles. The van der Waals surface area contributed by atoms with E-state index in [1.54, 1.807) is 12.1 Å². The maximum absolute atomic E-state index is 6.40. The molecule has 1 unspecified atom stereocenters. The zero-order valence-corrected chi connectivity index (χ0v) is 13.9. The SMILES string of the molecule is CCOc1cc(Cl)c(C(N)c2cc(C)ccc2C)cc1Cl. The lowest BCUT2D eigenvalue weighted by atomic mass is 9.94. The minimum Gasteiger partial charge on any atom is -0.492 e. The monoisotopic (exact) mass is 323 g/mol. The minimum atomic E-state index is -0.314. The normalized spacial score (nSPS) is 12.3. The Kier molecular flexibility index (Phi) is 5.15. The molecule has 2 nitrogen and oxygen atoms in total. The van der Waals surface area contributed by atoms with Crippen LogP contribution in [0.1, 0.15) is 35.2 Å². The van der Waals surface area contributed by atoms with E-state index in [9.17, 15) is 0 Å². The molecule has 2 aromatic carbocycles. The Morgan fingerprint density at radius 2 is 1.76 bits per heavy atom. The Morgan fingerprint density at radius 3 is 2.43 bits per heavy atom. The van der Waals surface area contributed by atoms with Crippen molar-refractivity contribution in [2.45, 2.75) is 26.8 Å². The molecule has 2 rings (SSSR count). The highest BCUT2D eigenvalue weighted by atomic mass is 35.5. The quantitative estimate of drug-likeness (QED) is 0.853. The fourth-order valence-electron chi connectivity index (χ4n) is 2.31. The molecule has 4 heteroatoms. The van der Waals surface area contributed by atoms with Crippen LogP contribution in [-0.4, -0.2) is 6.61 Å². The highest BCUT2D eigenvalue weighted by Crippen LogP contribution is 2.36. The van der Waals surface area contributed by atoms with Crippen molar-refractivity contribution in [1.29, 1.82) is 0 Å². The van der Waals surface area contributed by atoms with Gasteiger partial charge in [-0.25, -0.2) is 0 Å². The third-order valence-corrected chi connectivity index (χ3v) is 4.08. The summed E-state index contributed by atoms with van der Waals surface area (Å²) < 4.78 is 5.44. The van der Waals surface area contributed by atoms with E-state index < -0.39 is 0 Å². The van der Waals surface area contributed by atoms with Gasteiger partial charge in [-0.1, -0.05) is 47.0 Å². The molecule has 0 saturated carbocycles. The molecule has 0 saturated heterocycles. The molecule has 1 atom stereocenters. The summed E-state index contributed by atoms with van der Waals surface area (Å²) in [6.07, 6.45) is 0. The molecule has 112 valence electrons. The second-order valence-corrected chi connectivity index (χ2v) is 5.89. The number of hydrogen-bond acceptors (Lipinski definition) is 2. The van der Waals surface area contributed by atoms with Gasteiger partial charge in [-0.05, 0) is 43.5 Å². The topological polar surface area (TPSA) is 35.2 Å². The summed E-state index contributed by atoms with van der Waals surface area (Å²) in [5.41, 5.74) is 10.6. The molecule has 0 bridgehead atoms. The summed E-state index contributed by atoms with van der Waals surface area (Å²) in [5, 5.41) is 1.09. The van der Waals surface area contributed by atoms with Gasteiger partial charge >= 0.3 is 0 Å². The second kappa shape index (κ2) is 6.69. The van der Waals surface area contributed by atoms with Crippen molar-refractivity contribution in [2.75, 3.05) is 6.61 Å². The first-order chi connectivity index (χ1) is 9.93. The molecule has 0 radical (unpaired) electrons. The maximum Gasteiger partial charge on any atom is 0.139 e.